The van der Waals surface area contributed by atoms with Crippen LogP contribution in [0.15, 0.2) is 18.2 Å². The Bertz CT molecular complexity index is 404. The van der Waals surface area contributed by atoms with E-state index in [1.807, 2.05) is 20.2 Å². The Labute approximate surface area is 107 Å². The summed E-state index contributed by atoms with van der Waals surface area (Å²) >= 11 is 5.84. The molecule has 2 nitrogen and oxygen atoms in total. The van der Waals surface area contributed by atoms with E-state index in [4.69, 9.17) is 11.6 Å². The number of nitrogens with one attached hydrogen (secondary N) is 2. The first-order valence-corrected chi connectivity index (χ1v) is 6.27. The summed E-state index contributed by atoms with van der Waals surface area (Å²) in [5.74, 6) is -0.358. The molecule has 0 bridgehead atoms. The molecule has 0 spiro atoms. The highest BCUT2D eigenvalue weighted by atomic mass is 35.5. The highest BCUT2D eigenvalue weighted by Crippen LogP contribution is 2.54. The van der Waals surface area contributed by atoms with Gasteiger partial charge in [-0.05, 0) is 44.6 Å². The van der Waals surface area contributed by atoms with Crippen LogP contribution in [0.2, 0.25) is 5.02 Å². The number of rotatable bonds is 5. The Morgan fingerprint density at radius 3 is 2.59 bits per heavy atom. The molecule has 1 saturated carbocycles. The van der Waals surface area contributed by atoms with Gasteiger partial charge in [-0.15, -0.1) is 0 Å². The minimum Gasteiger partial charge on any atom is -0.319 e. The van der Waals surface area contributed by atoms with E-state index in [0.29, 0.717) is 0 Å². The zero-order chi connectivity index (χ0) is 12.5. The fraction of sp³-hybridized carbons (Fsp3) is 0.538. The van der Waals surface area contributed by atoms with Crippen molar-refractivity contribution in [3.8, 4) is 0 Å². The second-order valence-electron chi connectivity index (χ2n) is 4.79. The van der Waals surface area contributed by atoms with Gasteiger partial charge in [-0.2, -0.15) is 0 Å². The average Bonchev–Trinajstić information content (AvgIpc) is 3.05. The molecule has 1 aliphatic carbocycles. The first-order valence-electron chi connectivity index (χ1n) is 5.90. The first-order chi connectivity index (χ1) is 8.13. The molecule has 1 atom stereocenters. The van der Waals surface area contributed by atoms with Crippen molar-refractivity contribution in [1.29, 1.82) is 0 Å². The molecule has 4 heteroatoms. The molecule has 1 aliphatic rings. The van der Waals surface area contributed by atoms with Gasteiger partial charge >= 0.3 is 0 Å². The van der Waals surface area contributed by atoms with Gasteiger partial charge in [0.1, 0.15) is 5.82 Å². The molecular formula is C13H18ClFN2. The molecule has 1 fully saturated rings. The van der Waals surface area contributed by atoms with Crippen molar-refractivity contribution in [3.63, 3.8) is 0 Å². The lowest BCUT2D eigenvalue weighted by atomic mass is 9.90. The molecule has 0 heterocycles. The van der Waals surface area contributed by atoms with Crippen molar-refractivity contribution in [3.05, 3.63) is 34.6 Å². The summed E-state index contributed by atoms with van der Waals surface area (Å²) in [4.78, 5) is 0. The highest BCUT2D eigenvalue weighted by molar-refractivity contribution is 6.30. The van der Waals surface area contributed by atoms with Crippen LogP contribution in [0, 0.1) is 11.2 Å². The van der Waals surface area contributed by atoms with E-state index in [9.17, 15) is 4.39 Å². The maximum Gasteiger partial charge on any atom is 0.141 e. The smallest absolute Gasteiger partial charge is 0.141 e. The lowest BCUT2D eigenvalue weighted by Crippen LogP contribution is -2.33. The van der Waals surface area contributed by atoms with Crippen LogP contribution >= 0.6 is 11.6 Å². The Morgan fingerprint density at radius 1 is 1.41 bits per heavy atom. The van der Waals surface area contributed by atoms with Gasteiger partial charge in [-0.1, -0.05) is 17.7 Å². The summed E-state index contributed by atoms with van der Waals surface area (Å²) in [7, 11) is 3.90. The predicted molar refractivity (Wildman–Crippen MR) is 68.8 cm³/mol. The van der Waals surface area contributed by atoms with Gasteiger partial charge < -0.3 is 10.6 Å². The lowest BCUT2D eigenvalue weighted by Gasteiger charge is -2.27. The van der Waals surface area contributed by atoms with E-state index in [2.05, 4.69) is 10.6 Å². The minimum atomic E-state index is -0.358. The molecule has 1 unspecified atom stereocenters. The van der Waals surface area contributed by atoms with Crippen LogP contribution in [-0.2, 0) is 0 Å². The van der Waals surface area contributed by atoms with Crippen LogP contribution in [0.3, 0.4) is 0 Å². The normalized spacial score (nSPS) is 19.1. The van der Waals surface area contributed by atoms with Crippen LogP contribution < -0.4 is 10.6 Å². The molecule has 2 rings (SSSR count). The fourth-order valence-corrected chi connectivity index (χ4v) is 2.79. The van der Waals surface area contributed by atoms with Crippen LogP contribution in [0.1, 0.15) is 24.4 Å². The van der Waals surface area contributed by atoms with Gasteiger partial charge in [0.05, 0.1) is 5.02 Å². The quantitative estimate of drug-likeness (QED) is 0.847. The maximum atomic E-state index is 13.2. The molecule has 2 N–H and O–H groups in total. The van der Waals surface area contributed by atoms with Crippen LogP contribution in [0.25, 0.3) is 0 Å². The Kier molecular flexibility index (Phi) is 3.71. The predicted octanol–water partition coefficient (Wildman–Crippen LogP) is 2.74. The molecular weight excluding hydrogens is 239 g/mol. The van der Waals surface area contributed by atoms with E-state index < -0.39 is 0 Å². The van der Waals surface area contributed by atoms with Crippen molar-refractivity contribution in [2.75, 3.05) is 20.6 Å². The summed E-state index contributed by atoms with van der Waals surface area (Å²) < 4.78 is 13.2. The monoisotopic (exact) mass is 256 g/mol. The summed E-state index contributed by atoms with van der Waals surface area (Å²) in [5, 5.41) is 6.76. The number of benzene rings is 1. The second kappa shape index (κ2) is 4.92. The molecule has 94 valence electrons. The maximum absolute atomic E-state index is 13.2. The van der Waals surface area contributed by atoms with Crippen molar-refractivity contribution in [2.24, 2.45) is 5.41 Å². The van der Waals surface area contributed by atoms with Gasteiger partial charge in [0.2, 0.25) is 0 Å². The molecule has 0 aliphatic heterocycles. The van der Waals surface area contributed by atoms with E-state index in [1.165, 1.54) is 18.9 Å². The molecule has 1 aromatic carbocycles. The SMILES string of the molecule is CNCC1(C(NC)c2ccc(F)c(Cl)c2)CC1. The summed E-state index contributed by atoms with van der Waals surface area (Å²) in [6, 6.07) is 5.22. The summed E-state index contributed by atoms with van der Waals surface area (Å²) in [6.07, 6.45) is 2.38. The van der Waals surface area contributed by atoms with Crippen LogP contribution in [0.5, 0.6) is 0 Å². The van der Waals surface area contributed by atoms with E-state index >= 15 is 0 Å². The third kappa shape index (κ3) is 2.46. The standard InChI is InChI=1S/C13H18ClFN2/c1-16-8-13(5-6-13)12(17-2)9-3-4-11(15)10(14)7-9/h3-4,7,12,16-17H,5-6,8H2,1-2H3. The number of hydrogen-bond donors (Lipinski definition) is 2. The van der Waals surface area contributed by atoms with E-state index in [1.54, 1.807) is 6.07 Å². The average molecular weight is 257 g/mol. The fourth-order valence-electron chi connectivity index (χ4n) is 2.60. The molecule has 0 radical (unpaired) electrons. The largest absolute Gasteiger partial charge is 0.319 e. The van der Waals surface area contributed by atoms with Crippen molar-refractivity contribution in [1.82, 2.24) is 10.6 Å². The van der Waals surface area contributed by atoms with Crippen molar-refractivity contribution >= 4 is 11.6 Å². The van der Waals surface area contributed by atoms with Crippen molar-refractivity contribution in [2.45, 2.75) is 18.9 Å². The van der Waals surface area contributed by atoms with Crippen LogP contribution in [-0.4, -0.2) is 20.6 Å². The van der Waals surface area contributed by atoms with Crippen LogP contribution in [0.4, 0.5) is 4.39 Å². The molecule has 0 saturated heterocycles. The lowest BCUT2D eigenvalue weighted by molar-refractivity contribution is 0.346. The van der Waals surface area contributed by atoms with Gasteiger partial charge in [-0.25, -0.2) is 4.39 Å². The number of halogens is 2. The second-order valence-corrected chi connectivity index (χ2v) is 5.20. The number of hydrogen-bond acceptors (Lipinski definition) is 2. The van der Waals surface area contributed by atoms with Gasteiger partial charge in [0, 0.05) is 18.0 Å². The highest BCUT2D eigenvalue weighted by Gasteiger charge is 2.48. The first kappa shape index (κ1) is 12.8. The van der Waals surface area contributed by atoms with Gasteiger partial charge in [0.25, 0.3) is 0 Å². The molecule has 0 amide bonds. The van der Waals surface area contributed by atoms with Gasteiger partial charge in [-0.3, -0.25) is 0 Å². The summed E-state index contributed by atoms with van der Waals surface area (Å²) in [5.41, 5.74) is 1.32. The molecule has 0 aromatic heterocycles. The zero-order valence-electron chi connectivity index (χ0n) is 10.2. The molecule has 1 aromatic rings. The topological polar surface area (TPSA) is 24.1 Å². The van der Waals surface area contributed by atoms with Gasteiger partial charge in [0.15, 0.2) is 0 Å². The minimum absolute atomic E-state index is 0.197. The summed E-state index contributed by atoms with van der Waals surface area (Å²) in [6.45, 7) is 0.966. The van der Waals surface area contributed by atoms with Crippen molar-refractivity contribution < 1.29 is 4.39 Å². The Morgan fingerprint density at radius 2 is 2.12 bits per heavy atom. The third-order valence-corrected chi connectivity index (χ3v) is 3.89. The van der Waals surface area contributed by atoms with E-state index in [0.717, 1.165) is 12.1 Å². The third-order valence-electron chi connectivity index (χ3n) is 3.60. The molecule has 17 heavy (non-hydrogen) atoms. The Hall–Kier alpha value is -0.640. The zero-order valence-corrected chi connectivity index (χ0v) is 10.9. The Balaban J connectivity index is 2.26. The van der Waals surface area contributed by atoms with E-state index in [-0.39, 0.29) is 22.3 Å².